The van der Waals surface area contributed by atoms with Gasteiger partial charge in [0.2, 0.25) is 5.91 Å². The molecule has 0 aromatic carbocycles. The van der Waals surface area contributed by atoms with E-state index in [0.717, 1.165) is 18.7 Å². The summed E-state index contributed by atoms with van der Waals surface area (Å²) < 4.78 is 5.23. The standard InChI is InChI=1S/C12H16N2O2/c1-16-11-5-7-14(9-11)12(15)8-10-4-2-3-6-13-10/h2-4,6,11H,5,7-9H2,1H3/t11-/m0/s1. The zero-order valence-corrected chi connectivity index (χ0v) is 9.43. The van der Waals surface area contributed by atoms with E-state index >= 15 is 0 Å². The molecule has 1 fully saturated rings. The van der Waals surface area contributed by atoms with E-state index in [1.54, 1.807) is 13.3 Å². The molecule has 4 heteroatoms. The van der Waals surface area contributed by atoms with Crippen LogP contribution >= 0.6 is 0 Å². The number of nitrogens with zero attached hydrogens (tertiary/aromatic N) is 2. The molecule has 1 atom stereocenters. The summed E-state index contributed by atoms with van der Waals surface area (Å²) in [5.41, 5.74) is 0.827. The molecule has 0 aliphatic carbocycles. The molecule has 86 valence electrons. The lowest BCUT2D eigenvalue weighted by Crippen LogP contribution is -2.31. The molecule has 0 spiro atoms. The first-order chi connectivity index (χ1) is 7.79. The Morgan fingerprint density at radius 3 is 3.12 bits per heavy atom. The third-order valence-corrected chi connectivity index (χ3v) is 2.89. The number of methoxy groups -OCH3 is 1. The molecule has 0 unspecified atom stereocenters. The number of carbonyl (C=O) groups excluding carboxylic acids is 1. The normalized spacial score (nSPS) is 20.1. The lowest BCUT2D eigenvalue weighted by atomic mass is 10.2. The van der Waals surface area contributed by atoms with Crippen molar-refractivity contribution in [1.29, 1.82) is 0 Å². The molecule has 1 aromatic rings. The molecular formula is C12H16N2O2. The smallest absolute Gasteiger partial charge is 0.228 e. The molecule has 1 aliphatic heterocycles. The number of amides is 1. The van der Waals surface area contributed by atoms with Gasteiger partial charge in [0, 0.05) is 32.1 Å². The summed E-state index contributed by atoms with van der Waals surface area (Å²) in [7, 11) is 1.69. The number of hydrogen-bond acceptors (Lipinski definition) is 3. The lowest BCUT2D eigenvalue weighted by molar-refractivity contribution is -0.129. The number of likely N-dealkylation sites (tertiary alicyclic amines) is 1. The van der Waals surface area contributed by atoms with E-state index in [0.29, 0.717) is 13.0 Å². The van der Waals surface area contributed by atoms with E-state index in [9.17, 15) is 4.79 Å². The summed E-state index contributed by atoms with van der Waals surface area (Å²) in [5, 5.41) is 0. The predicted molar refractivity (Wildman–Crippen MR) is 59.9 cm³/mol. The molecule has 16 heavy (non-hydrogen) atoms. The highest BCUT2D eigenvalue weighted by Crippen LogP contribution is 2.13. The minimum atomic E-state index is 0.137. The fourth-order valence-electron chi connectivity index (χ4n) is 1.92. The van der Waals surface area contributed by atoms with Gasteiger partial charge in [0.05, 0.1) is 12.5 Å². The summed E-state index contributed by atoms with van der Waals surface area (Å²) in [5.74, 6) is 0.137. The maximum Gasteiger partial charge on any atom is 0.228 e. The third kappa shape index (κ3) is 2.58. The van der Waals surface area contributed by atoms with Crippen molar-refractivity contribution < 1.29 is 9.53 Å². The first kappa shape index (κ1) is 11.1. The number of pyridine rings is 1. The monoisotopic (exact) mass is 220 g/mol. The second-order valence-electron chi connectivity index (χ2n) is 3.98. The summed E-state index contributed by atoms with van der Waals surface area (Å²) in [6, 6.07) is 5.63. The maximum absolute atomic E-state index is 11.9. The second kappa shape index (κ2) is 5.07. The Bertz CT molecular complexity index is 353. The molecule has 0 N–H and O–H groups in total. The molecule has 4 nitrogen and oxygen atoms in total. The summed E-state index contributed by atoms with van der Waals surface area (Å²) in [4.78, 5) is 17.9. The van der Waals surface area contributed by atoms with Gasteiger partial charge < -0.3 is 9.64 Å². The summed E-state index contributed by atoms with van der Waals surface area (Å²) >= 11 is 0. The Kier molecular flexibility index (Phi) is 3.51. The highest BCUT2D eigenvalue weighted by atomic mass is 16.5. The Morgan fingerprint density at radius 2 is 2.50 bits per heavy atom. The van der Waals surface area contributed by atoms with Crippen molar-refractivity contribution in [3.63, 3.8) is 0 Å². The average molecular weight is 220 g/mol. The summed E-state index contributed by atoms with van der Waals surface area (Å²) in [6.45, 7) is 1.51. The van der Waals surface area contributed by atoms with E-state index in [1.807, 2.05) is 23.1 Å². The van der Waals surface area contributed by atoms with Crippen LogP contribution in [0.3, 0.4) is 0 Å². The molecule has 1 aliphatic rings. The van der Waals surface area contributed by atoms with Crippen molar-refractivity contribution in [1.82, 2.24) is 9.88 Å². The van der Waals surface area contributed by atoms with Gasteiger partial charge in [0.15, 0.2) is 0 Å². The van der Waals surface area contributed by atoms with Gasteiger partial charge in [-0.15, -0.1) is 0 Å². The molecule has 1 amide bonds. The fraction of sp³-hybridized carbons (Fsp3) is 0.500. The third-order valence-electron chi connectivity index (χ3n) is 2.89. The Balaban J connectivity index is 1.90. The van der Waals surface area contributed by atoms with Crippen LogP contribution in [0.25, 0.3) is 0 Å². The van der Waals surface area contributed by atoms with Crippen LogP contribution in [0.4, 0.5) is 0 Å². The molecule has 0 bridgehead atoms. The minimum Gasteiger partial charge on any atom is -0.380 e. The molecule has 1 saturated heterocycles. The molecular weight excluding hydrogens is 204 g/mol. The van der Waals surface area contributed by atoms with E-state index in [2.05, 4.69) is 4.98 Å². The highest BCUT2D eigenvalue weighted by Gasteiger charge is 2.25. The molecule has 2 rings (SSSR count). The van der Waals surface area contributed by atoms with Crippen molar-refractivity contribution in [3.05, 3.63) is 30.1 Å². The van der Waals surface area contributed by atoms with Gasteiger partial charge >= 0.3 is 0 Å². The first-order valence-electron chi connectivity index (χ1n) is 5.50. The number of aromatic nitrogens is 1. The van der Waals surface area contributed by atoms with Crippen molar-refractivity contribution in [2.45, 2.75) is 18.9 Å². The maximum atomic E-state index is 11.9. The fourth-order valence-corrected chi connectivity index (χ4v) is 1.92. The van der Waals surface area contributed by atoms with Crippen LogP contribution in [0, 0.1) is 0 Å². The SMILES string of the molecule is CO[C@H]1CCN(C(=O)Cc2ccccn2)C1. The zero-order valence-electron chi connectivity index (χ0n) is 9.43. The number of rotatable bonds is 3. The van der Waals surface area contributed by atoms with Crippen LogP contribution in [0.1, 0.15) is 12.1 Å². The van der Waals surface area contributed by atoms with Gasteiger partial charge in [-0.2, -0.15) is 0 Å². The topological polar surface area (TPSA) is 42.4 Å². The van der Waals surface area contributed by atoms with Crippen molar-refractivity contribution in [2.24, 2.45) is 0 Å². The number of carbonyl (C=O) groups is 1. The Labute approximate surface area is 95.2 Å². The number of hydrogen-bond donors (Lipinski definition) is 0. The van der Waals surface area contributed by atoms with Crippen LogP contribution in [-0.4, -0.2) is 42.1 Å². The van der Waals surface area contributed by atoms with E-state index in [-0.39, 0.29) is 12.0 Å². The van der Waals surface area contributed by atoms with Gasteiger partial charge in [0.25, 0.3) is 0 Å². The van der Waals surface area contributed by atoms with E-state index in [1.165, 1.54) is 0 Å². The number of ether oxygens (including phenoxy) is 1. The minimum absolute atomic E-state index is 0.137. The van der Waals surface area contributed by atoms with E-state index < -0.39 is 0 Å². The van der Waals surface area contributed by atoms with Gasteiger partial charge in [-0.05, 0) is 18.6 Å². The molecule has 0 radical (unpaired) electrons. The lowest BCUT2D eigenvalue weighted by Gasteiger charge is -2.15. The summed E-state index contributed by atoms with van der Waals surface area (Å²) in [6.07, 6.45) is 3.24. The highest BCUT2D eigenvalue weighted by molar-refractivity contribution is 5.78. The second-order valence-corrected chi connectivity index (χ2v) is 3.98. The van der Waals surface area contributed by atoms with Crippen molar-refractivity contribution in [2.75, 3.05) is 20.2 Å². The largest absolute Gasteiger partial charge is 0.380 e. The first-order valence-corrected chi connectivity index (χ1v) is 5.50. The predicted octanol–water partition coefficient (Wildman–Crippen LogP) is 0.871. The van der Waals surface area contributed by atoms with Crippen LogP contribution < -0.4 is 0 Å². The van der Waals surface area contributed by atoms with Crippen LogP contribution in [0.5, 0.6) is 0 Å². The van der Waals surface area contributed by atoms with E-state index in [4.69, 9.17) is 4.74 Å². The zero-order chi connectivity index (χ0) is 11.4. The van der Waals surface area contributed by atoms with Gasteiger partial charge in [-0.1, -0.05) is 6.07 Å². The molecule has 0 saturated carbocycles. The van der Waals surface area contributed by atoms with Crippen molar-refractivity contribution >= 4 is 5.91 Å². The quantitative estimate of drug-likeness (QED) is 0.759. The van der Waals surface area contributed by atoms with Crippen LogP contribution in [-0.2, 0) is 16.0 Å². The van der Waals surface area contributed by atoms with Crippen LogP contribution in [0.15, 0.2) is 24.4 Å². The van der Waals surface area contributed by atoms with Gasteiger partial charge in [-0.3, -0.25) is 9.78 Å². The van der Waals surface area contributed by atoms with Gasteiger partial charge in [-0.25, -0.2) is 0 Å². The average Bonchev–Trinajstić information content (AvgIpc) is 2.79. The Morgan fingerprint density at radius 1 is 1.62 bits per heavy atom. The Hall–Kier alpha value is -1.42. The van der Waals surface area contributed by atoms with Crippen molar-refractivity contribution in [3.8, 4) is 0 Å². The van der Waals surface area contributed by atoms with Gasteiger partial charge in [0.1, 0.15) is 0 Å². The molecule has 1 aromatic heterocycles. The van der Waals surface area contributed by atoms with Crippen LogP contribution in [0.2, 0.25) is 0 Å². The molecule has 2 heterocycles.